The molecule has 0 bridgehead atoms. The molecule has 2 heterocycles. The number of nitrogens with zero attached hydrogens (tertiary/aromatic N) is 1. The van der Waals surface area contributed by atoms with Gasteiger partial charge in [-0.2, -0.15) is 13.2 Å². The smallest absolute Gasteiger partial charge is 0.417 e. The fourth-order valence-corrected chi connectivity index (χ4v) is 2.74. The number of rotatable bonds is 2. The molecule has 1 atom stereocenters. The predicted molar refractivity (Wildman–Crippen MR) is 82.1 cm³/mol. The Morgan fingerprint density at radius 3 is 2.74 bits per heavy atom. The van der Waals surface area contributed by atoms with Gasteiger partial charge in [0.15, 0.2) is 0 Å². The van der Waals surface area contributed by atoms with Crippen molar-refractivity contribution in [2.24, 2.45) is 0 Å². The van der Waals surface area contributed by atoms with Crippen molar-refractivity contribution in [3.05, 3.63) is 52.4 Å². The number of hydrogen-bond acceptors (Lipinski definition) is 3. The molecule has 8 heteroatoms. The number of fused-ring (bicyclic) bond motifs is 1. The second kappa shape index (κ2) is 6.63. The summed E-state index contributed by atoms with van der Waals surface area (Å²) in [6.07, 6.45) is -3.33. The second-order valence-electron chi connectivity index (χ2n) is 5.24. The van der Waals surface area contributed by atoms with Gasteiger partial charge in [-0.3, -0.25) is 4.90 Å². The molecule has 0 aliphatic carbocycles. The quantitative estimate of drug-likeness (QED) is 0.751. The standard InChI is InChI=1S/C15H13ClF3NO2.ClH/c1-20-7-13-10(4-5-21-13)14(8-20)22-9-2-3-12(16)11(6-9)15(17,18)19;/h2-6,14H,7-8H2,1H3;1H. The van der Waals surface area contributed by atoms with Crippen molar-refractivity contribution < 1.29 is 22.3 Å². The maximum Gasteiger partial charge on any atom is 0.417 e. The maximum atomic E-state index is 12.9. The number of furan rings is 1. The van der Waals surface area contributed by atoms with Gasteiger partial charge >= 0.3 is 6.18 Å². The Kier molecular flexibility index (Phi) is 5.18. The van der Waals surface area contributed by atoms with E-state index < -0.39 is 11.7 Å². The van der Waals surface area contributed by atoms with E-state index in [1.807, 2.05) is 11.9 Å². The number of halogens is 5. The van der Waals surface area contributed by atoms with Crippen molar-refractivity contribution in [2.75, 3.05) is 13.6 Å². The molecule has 0 amide bonds. The highest BCUT2D eigenvalue weighted by atomic mass is 35.5. The van der Waals surface area contributed by atoms with E-state index in [0.29, 0.717) is 13.1 Å². The summed E-state index contributed by atoms with van der Waals surface area (Å²) in [5.74, 6) is 0.896. The van der Waals surface area contributed by atoms with Crippen molar-refractivity contribution in [3.63, 3.8) is 0 Å². The molecule has 1 unspecified atom stereocenters. The SMILES string of the molecule is CN1Cc2occc2C(Oc2ccc(Cl)c(C(F)(F)F)c2)C1.Cl. The van der Waals surface area contributed by atoms with Crippen molar-refractivity contribution in [1.82, 2.24) is 4.90 Å². The van der Waals surface area contributed by atoms with E-state index in [2.05, 4.69) is 0 Å². The number of ether oxygens (including phenoxy) is 1. The maximum absolute atomic E-state index is 12.9. The van der Waals surface area contributed by atoms with E-state index in [1.165, 1.54) is 12.1 Å². The number of hydrogen-bond donors (Lipinski definition) is 0. The van der Waals surface area contributed by atoms with E-state index in [-0.39, 0.29) is 29.3 Å². The summed E-state index contributed by atoms with van der Waals surface area (Å²) >= 11 is 5.61. The van der Waals surface area contributed by atoms with Crippen LogP contribution in [0.2, 0.25) is 5.02 Å². The lowest BCUT2D eigenvalue weighted by atomic mass is 10.1. The first kappa shape index (κ1) is 18.0. The molecule has 0 spiro atoms. The van der Waals surface area contributed by atoms with Gasteiger partial charge in [0, 0.05) is 12.1 Å². The minimum Gasteiger partial charge on any atom is -0.484 e. The van der Waals surface area contributed by atoms with Gasteiger partial charge in [0.25, 0.3) is 0 Å². The van der Waals surface area contributed by atoms with Crippen LogP contribution in [0.1, 0.15) is 23.0 Å². The summed E-state index contributed by atoms with van der Waals surface area (Å²) in [6.45, 7) is 1.22. The summed E-state index contributed by atoms with van der Waals surface area (Å²) in [5, 5.41) is -0.343. The molecule has 0 N–H and O–H groups in total. The zero-order valence-electron chi connectivity index (χ0n) is 12.1. The molecule has 0 saturated heterocycles. The summed E-state index contributed by atoms with van der Waals surface area (Å²) in [5.41, 5.74) is -0.0372. The average Bonchev–Trinajstić information content (AvgIpc) is 2.87. The van der Waals surface area contributed by atoms with Crippen LogP contribution < -0.4 is 4.74 Å². The highest BCUT2D eigenvalue weighted by molar-refractivity contribution is 6.31. The van der Waals surface area contributed by atoms with Crippen molar-refractivity contribution in [2.45, 2.75) is 18.8 Å². The Hall–Kier alpha value is -1.37. The first-order valence-electron chi connectivity index (χ1n) is 6.63. The minimum atomic E-state index is -4.51. The highest BCUT2D eigenvalue weighted by Gasteiger charge is 2.34. The molecule has 126 valence electrons. The first-order chi connectivity index (χ1) is 10.3. The Morgan fingerprint density at radius 2 is 2.04 bits per heavy atom. The molecular formula is C15H14Cl2F3NO2. The van der Waals surface area contributed by atoms with Crippen LogP contribution in [0.25, 0.3) is 0 Å². The molecule has 1 aromatic heterocycles. The van der Waals surface area contributed by atoms with Crippen LogP contribution >= 0.6 is 24.0 Å². The van der Waals surface area contributed by atoms with E-state index >= 15 is 0 Å². The van der Waals surface area contributed by atoms with E-state index in [1.54, 1.807) is 12.3 Å². The Morgan fingerprint density at radius 1 is 1.30 bits per heavy atom. The van der Waals surface area contributed by atoms with Gasteiger partial charge in [-0.15, -0.1) is 12.4 Å². The Bertz CT molecular complexity index is 688. The first-order valence-corrected chi connectivity index (χ1v) is 7.00. The van der Waals surface area contributed by atoms with Crippen LogP contribution in [0.3, 0.4) is 0 Å². The zero-order chi connectivity index (χ0) is 15.9. The number of likely N-dealkylation sites (N-methyl/N-ethyl adjacent to an activating group) is 1. The Labute approximate surface area is 142 Å². The summed E-state index contributed by atoms with van der Waals surface area (Å²) in [7, 11) is 1.89. The van der Waals surface area contributed by atoms with Gasteiger partial charge in [0.2, 0.25) is 0 Å². The fraction of sp³-hybridized carbons (Fsp3) is 0.333. The number of benzene rings is 1. The van der Waals surface area contributed by atoms with Crippen LogP contribution in [0.4, 0.5) is 13.2 Å². The summed E-state index contributed by atoms with van der Waals surface area (Å²) < 4.78 is 49.8. The van der Waals surface area contributed by atoms with Crippen LogP contribution in [0, 0.1) is 0 Å². The molecule has 3 nitrogen and oxygen atoms in total. The van der Waals surface area contributed by atoms with Crippen LogP contribution in [-0.2, 0) is 12.7 Å². The van der Waals surface area contributed by atoms with Crippen molar-refractivity contribution in [3.8, 4) is 5.75 Å². The second-order valence-corrected chi connectivity index (χ2v) is 5.65. The van der Waals surface area contributed by atoms with Gasteiger partial charge in [0.05, 0.1) is 23.4 Å². The lowest BCUT2D eigenvalue weighted by Gasteiger charge is -2.29. The van der Waals surface area contributed by atoms with Gasteiger partial charge in [0.1, 0.15) is 17.6 Å². The van der Waals surface area contributed by atoms with Gasteiger partial charge in [-0.05, 0) is 31.3 Å². The molecule has 2 aromatic rings. The molecular weight excluding hydrogens is 354 g/mol. The summed E-state index contributed by atoms with van der Waals surface area (Å²) in [4.78, 5) is 1.98. The molecule has 1 aliphatic rings. The summed E-state index contributed by atoms with van der Waals surface area (Å²) in [6, 6.07) is 5.35. The normalized spacial score (nSPS) is 18.2. The molecule has 0 radical (unpaired) electrons. The fourth-order valence-electron chi connectivity index (χ4n) is 2.52. The van der Waals surface area contributed by atoms with Crippen LogP contribution in [0.15, 0.2) is 34.9 Å². The van der Waals surface area contributed by atoms with Gasteiger partial charge in [-0.1, -0.05) is 11.6 Å². The van der Waals surface area contributed by atoms with Crippen molar-refractivity contribution >= 4 is 24.0 Å². The van der Waals surface area contributed by atoms with Gasteiger partial charge < -0.3 is 9.15 Å². The lowest BCUT2D eigenvalue weighted by Crippen LogP contribution is -2.32. The highest BCUT2D eigenvalue weighted by Crippen LogP contribution is 2.38. The molecule has 23 heavy (non-hydrogen) atoms. The predicted octanol–water partition coefficient (Wildman–Crippen LogP) is 4.94. The molecule has 0 saturated carbocycles. The van der Waals surface area contributed by atoms with Crippen molar-refractivity contribution in [1.29, 1.82) is 0 Å². The van der Waals surface area contributed by atoms with Crippen LogP contribution in [-0.4, -0.2) is 18.5 Å². The van der Waals surface area contributed by atoms with Crippen LogP contribution in [0.5, 0.6) is 5.75 Å². The van der Waals surface area contributed by atoms with E-state index in [0.717, 1.165) is 17.4 Å². The monoisotopic (exact) mass is 367 g/mol. The molecule has 1 aliphatic heterocycles. The molecule has 1 aromatic carbocycles. The molecule has 0 fully saturated rings. The Balaban J connectivity index is 0.00000192. The topological polar surface area (TPSA) is 25.6 Å². The zero-order valence-corrected chi connectivity index (χ0v) is 13.6. The lowest BCUT2D eigenvalue weighted by molar-refractivity contribution is -0.137. The third-order valence-electron chi connectivity index (χ3n) is 3.54. The minimum absolute atomic E-state index is 0. The van der Waals surface area contributed by atoms with Gasteiger partial charge in [-0.25, -0.2) is 0 Å². The molecule has 3 rings (SSSR count). The van der Waals surface area contributed by atoms with E-state index in [4.69, 9.17) is 20.8 Å². The number of alkyl halides is 3. The largest absolute Gasteiger partial charge is 0.484 e. The third kappa shape index (κ3) is 3.76. The third-order valence-corrected chi connectivity index (χ3v) is 3.87. The van der Waals surface area contributed by atoms with E-state index in [9.17, 15) is 13.2 Å². The average molecular weight is 368 g/mol.